The quantitative estimate of drug-likeness (QED) is 0.0718. The van der Waals surface area contributed by atoms with Crippen molar-refractivity contribution in [2.24, 2.45) is 29.6 Å². The molecule has 0 amide bonds. The zero-order valence-corrected chi connectivity index (χ0v) is 77.4. The molecule has 10 heterocycles. The maximum absolute atomic E-state index is 12.7. The molecule has 13 fully saturated rings. The number of hydrogen-bond donors (Lipinski definition) is 8. The van der Waals surface area contributed by atoms with Gasteiger partial charge in [0.05, 0.1) is 58.3 Å². The average molecular weight is 1840 g/mol. The highest BCUT2D eigenvalue weighted by atomic mass is 16.5. The molecule has 10 aliphatic heterocycles. The van der Waals surface area contributed by atoms with Gasteiger partial charge in [0, 0.05) is 127 Å². The summed E-state index contributed by atoms with van der Waals surface area (Å²) in [5, 5.41) is 88.1. The van der Waals surface area contributed by atoms with E-state index in [4.69, 9.17) is 37.9 Å². The fraction of sp³-hybridized carbons (Fsp3) is 0.596. The minimum Gasteiger partial charge on any atom is -0.504 e. The third-order valence-corrected chi connectivity index (χ3v) is 40.3. The van der Waals surface area contributed by atoms with Gasteiger partial charge in [0.15, 0.2) is 140 Å². The average Bonchev–Trinajstić information content (AvgIpc) is 1.60. The highest BCUT2D eigenvalue weighted by Crippen LogP contribution is 2.73. The van der Waals surface area contributed by atoms with E-state index in [-0.39, 0.29) is 99.1 Å². The van der Waals surface area contributed by atoms with Crippen molar-refractivity contribution in [2.45, 2.75) is 308 Å². The van der Waals surface area contributed by atoms with Crippen molar-refractivity contribution in [1.29, 1.82) is 0 Å². The van der Waals surface area contributed by atoms with Crippen LogP contribution in [0.2, 0.25) is 0 Å². The summed E-state index contributed by atoms with van der Waals surface area (Å²) in [7, 11) is 7.43. The maximum Gasteiger partial charge on any atom is 0.174 e. The largest absolute Gasteiger partial charge is 0.504 e. The van der Waals surface area contributed by atoms with Crippen LogP contribution in [0.4, 0.5) is 0 Å². The van der Waals surface area contributed by atoms with Crippen LogP contribution >= 0.6 is 0 Å². The Morgan fingerprint density at radius 3 is 1.07 bits per heavy atom. The van der Waals surface area contributed by atoms with Gasteiger partial charge in [0.1, 0.15) is 0 Å². The van der Waals surface area contributed by atoms with E-state index in [0.29, 0.717) is 142 Å². The number of Topliss-reactive ketones (excluding diaryl/α,β-unsaturated/α-hetero) is 6. The molecule has 25 aliphatic rings. The molecule has 2 unspecified atom stereocenters. The summed E-state index contributed by atoms with van der Waals surface area (Å²) in [4.78, 5) is 84.7. The minimum atomic E-state index is -1.00. The number of phenolic OH excluding ortho intramolecular Hbond substituents is 4. The number of benzene rings is 6. The summed E-state index contributed by atoms with van der Waals surface area (Å²) < 4.78 is 47.4. The van der Waals surface area contributed by atoms with Gasteiger partial charge in [0.2, 0.25) is 0 Å². The predicted molar refractivity (Wildman–Crippen MR) is 489 cm³/mol. The predicted octanol–water partition coefficient (Wildman–Crippen LogP) is 10.4. The standard InChI is InChI=1S/C20H23NO4.C19H21NO4.C18H21NO4.C18H20O3.C17H19NO4.C17H18O3/c22-13-4-3-12-9-15-20(24)6-5-14(23)18-19(20,16(12)17(13)25-18)7-8-21(15)10-11-1-2-11;1-2-8-20-9-7-18-15-11-3-4-12(21)16(15)24-17(18)13(22)5-6-19(18,23)14(20)10-11;1-19-8-7-17-14-10-3-4-12(22-2)15(14)23-16(17)11(20)5-6-18(17,21)13(19)9-10;1-20-14-7-4-11-9-10-3-2-8-18-12(10)5-6-13(19)17(18)21-16(14)15(11)18;1-18-7-6-16-13-9-2-3-10(19)14(13)22-15(16)11(20)4-5-17(16,21)12(18)8-9;18-12-5-3-10-8-9-2-1-7-17-11(9)4-6-13(19)16(17)20-15(12)14(10)17/h3-4,11,15,18,22,24H,1-2,5-10H2;2-4,14,17,21,23H,1,5-10H2;3-4,13,16,21H,5-9H2,1-2H3;4,7,10,12,17H,2-3,5-6,8-9H2,1H3;2-3,12,15,19,21H,4-8H2,1H3;3,5,9,11,16,18H,1-2,4,6-8H2/t15-,18+,19+,20-;14-,17+,18+,19-;13-,16+,17+,18-;10-,12?,17+,18+;12-,15+,16+,17-;9-,11?,16+,17+/m111111/s1. The molecule has 6 aromatic carbocycles. The number of aliphatic hydroxyl groups is 4. The first-order valence-electron chi connectivity index (χ1n) is 50.4. The smallest absolute Gasteiger partial charge is 0.174 e. The molecule has 26 heteroatoms. The van der Waals surface area contributed by atoms with Gasteiger partial charge in [-0.1, -0.05) is 55.3 Å². The van der Waals surface area contributed by atoms with E-state index in [0.717, 1.165) is 172 Å². The number of carbonyl (C=O) groups excluding carboxylic acids is 6. The number of likely N-dealkylation sites (N-methyl/N-ethyl adjacent to an activating group) is 2. The fourth-order valence-electron chi connectivity index (χ4n) is 34.8. The topological polar surface area (TPSA) is 351 Å². The van der Waals surface area contributed by atoms with Gasteiger partial charge in [-0.15, -0.1) is 6.58 Å². The summed E-state index contributed by atoms with van der Waals surface area (Å²) >= 11 is 0. The zero-order chi connectivity index (χ0) is 92.6. The Bertz CT molecular complexity index is 6210. The summed E-state index contributed by atoms with van der Waals surface area (Å²) in [5.41, 5.74) is 6.92. The van der Waals surface area contributed by atoms with Gasteiger partial charge >= 0.3 is 0 Å². The van der Waals surface area contributed by atoms with Crippen molar-refractivity contribution in [3.63, 3.8) is 0 Å². The first-order chi connectivity index (χ1) is 65.1. The number of ether oxygens (including phenoxy) is 8. The van der Waals surface area contributed by atoms with Gasteiger partial charge in [-0.2, -0.15) is 0 Å². The summed E-state index contributed by atoms with van der Waals surface area (Å²) in [6.07, 6.45) is 23.4. The molecule has 6 spiro atoms. The van der Waals surface area contributed by atoms with Gasteiger partial charge in [-0.25, -0.2) is 0 Å². The minimum absolute atomic E-state index is 0.00319. The van der Waals surface area contributed by atoms with Crippen LogP contribution in [-0.4, -0.2) is 246 Å². The van der Waals surface area contributed by atoms with Crippen LogP contribution in [0.5, 0.6) is 69.0 Å². The Morgan fingerprint density at radius 2 is 0.667 bits per heavy atom. The van der Waals surface area contributed by atoms with Crippen molar-refractivity contribution in [3.05, 3.63) is 152 Å². The van der Waals surface area contributed by atoms with Crippen molar-refractivity contribution in [1.82, 2.24) is 19.6 Å². The second-order valence-corrected chi connectivity index (χ2v) is 45.1. The van der Waals surface area contributed by atoms with E-state index >= 15 is 0 Å². The van der Waals surface area contributed by atoms with Crippen LogP contribution in [0.25, 0.3) is 0 Å². The number of phenols is 4. The second-order valence-electron chi connectivity index (χ2n) is 45.1. The molecule has 4 saturated heterocycles. The molecule has 0 radical (unpaired) electrons. The third-order valence-electron chi connectivity index (χ3n) is 40.3. The van der Waals surface area contributed by atoms with E-state index < -0.39 is 68.5 Å². The normalized spacial score (nSPS) is 40.4. The number of aromatic hydroxyl groups is 4. The number of likely N-dealkylation sites (tertiary alicyclic amines) is 4. The third kappa shape index (κ3) is 10.6. The molecule has 24 atom stereocenters. The number of nitrogens with zero attached hydrogens (tertiary/aromatic N) is 4. The van der Waals surface area contributed by atoms with E-state index in [1.165, 1.54) is 66.3 Å². The SMILES string of the molecule is C=CCN1CC[C@]23c4c5ccc(O)c4O[C@H]2C(=O)CC[C@@]3(O)[C@H]1C5.CN1CC[C@]23c4c5ccc(O)c4O[C@H]2C(=O)CC[C@@]3(O)[C@H]1C5.COc1ccc2c3c1O[C@H]1C(=O)CCC4[C@H](CCC[C@@]341)C2.COc1ccc2c3c1O[C@H]1C(=O)CC[C@@]4(O)[C@@H](C2)N(C)CC[C@]314.O=C1CCC2[C@@H]3CCC[C@@]24c2c(ccc(O)c2O[C@@H]14)C3.O=C1CC[C@@]2(O)[C@H]3Cc4ccc(O)c5c4[C@@]2(CCN3CC2CC2)[C@H]1O5. The second kappa shape index (κ2) is 29.3. The van der Waals surface area contributed by atoms with Crippen LogP contribution in [0.3, 0.4) is 0 Å². The van der Waals surface area contributed by atoms with Gasteiger partial charge < -0.3 is 88.5 Å². The molecule has 710 valence electrons. The molecule has 15 aliphatic carbocycles. The van der Waals surface area contributed by atoms with Crippen molar-refractivity contribution in [2.75, 3.05) is 67.6 Å². The van der Waals surface area contributed by atoms with Gasteiger partial charge in [0.25, 0.3) is 0 Å². The van der Waals surface area contributed by atoms with Crippen LogP contribution < -0.4 is 37.9 Å². The first-order valence-corrected chi connectivity index (χ1v) is 50.4. The summed E-state index contributed by atoms with van der Waals surface area (Å²) in [5.74, 6) is 9.65. The zero-order valence-electron chi connectivity index (χ0n) is 77.4. The van der Waals surface area contributed by atoms with Crippen molar-refractivity contribution in [3.8, 4) is 69.0 Å². The molecule has 9 saturated carbocycles. The molecule has 12 bridgehead atoms. The molecule has 0 aromatic heterocycles. The molecule has 6 aromatic rings. The van der Waals surface area contributed by atoms with E-state index in [2.05, 4.69) is 51.4 Å². The Hall–Kier alpha value is -9.64. The Balaban J connectivity index is 0.0000000844. The molecule has 8 N–H and O–H groups in total. The van der Waals surface area contributed by atoms with Crippen LogP contribution in [0, 0.1) is 29.6 Å². The Labute approximate surface area is 784 Å². The highest BCUT2D eigenvalue weighted by Gasteiger charge is 2.79. The lowest BCUT2D eigenvalue weighted by Crippen LogP contribution is -2.76. The van der Waals surface area contributed by atoms with Crippen LogP contribution in [0.15, 0.2) is 85.5 Å². The van der Waals surface area contributed by atoms with E-state index in [9.17, 15) is 69.6 Å². The monoisotopic (exact) mass is 1840 g/mol. The number of ketones is 6. The number of carbonyl (C=O) groups is 6. The number of piperidine rings is 4. The van der Waals surface area contributed by atoms with Crippen LogP contribution in [-0.2, 0) is 99.8 Å². The van der Waals surface area contributed by atoms with E-state index in [1.807, 2.05) is 43.5 Å². The van der Waals surface area contributed by atoms with Crippen LogP contribution in [0.1, 0.15) is 221 Å². The number of hydrogen-bond acceptors (Lipinski definition) is 26. The van der Waals surface area contributed by atoms with Gasteiger partial charge in [-0.3, -0.25) is 38.6 Å². The maximum atomic E-state index is 12.7. The molecular formula is C109H122N4O22. The summed E-state index contributed by atoms with van der Waals surface area (Å²) in [6, 6.07) is 22.8. The number of methoxy groups -OCH3 is 2. The summed E-state index contributed by atoms with van der Waals surface area (Å²) in [6.45, 7) is 9.01. The molecular weight excluding hydrogens is 1720 g/mol. The molecule has 135 heavy (non-hydrogen) atoms. The lowest BCUT2D eigenvalue weighted by molar-refractivity contribution is -0.188. The lowest BCUT2D eigenvalue weighted by Gasteiger charge is -2.62. The first kappa shape index (κ1) is 85.8. The molecule has 26 nitrogen and oxygen atoms in total. The fourth-order valence-corrected chi connectivity index (χ4v) is 34.8. The molecule has 31 rings (SSSR count). The van der Waals surface area contributed by atoms with E-state index in [1.54, 1.807) is 38.5 Å². The van der Waals surface area contributed by atoms with Gasteiger partial charge in [-0.05, 0) is 274 Å². The Morgan fingerprint density at radius 1 is 0.356 bits per heavy atom. The lowest BCUT2D eigenvalue weighted by atomic mass is 9.48. The number of rotatable bonds is 6. The highest BCUT2D eigenvalue weighted by molar-refractivity contribution is 5.94. The van der Waals surface area contributed by atoms with Crippen molar-refractivity contribution < 1.29 is 108 Å². The Kier molecular flexibility index (Phi) is 18.6. The van der Waals surface area contributed by atoms with Crippen molar-refractivity contribution >= 4 is 34.7 Å².